The van der Waals surface area contributed by atoms with E-state index in [0.29, 0.717) is 28.6 Å². The molecule has 0 unspecified atom stereocenters. The van der Waals surface area contributed by atoms with Crippen molar-refractivity contribution in [3.05, 3.63) is 85.2 Å². The van der Waals surface area contributed by atoms with Gasteiger partial charge in [0.05, 0.1) is 17.5 Å². The molecular weight excluding hydrogens is 491 g/mol. The zero-order valence-corrected chi connectivity index (χ0v) is 21.3. The van der Waals surface area contributed by atoms with E-state index >= 15 is 0 Å². The van der Waals surface area contributed by atoms with Gasteiger partial charge in [0, 0.05) is 66.0 Å². The number of pyridine rings is 1. The predicted octanol–water partition coefficient (Wildman–Crippen LogP) is 5.03. The van der Waals surface area contributed by atoms with Crippen LogP contribution in [0.1, 0.15) is 6.42 Å². The van der Waals surface area contributed by atoms with Crippen molar-refractivity contribution in [2.75, 3.05) is 25.0 Å². The van der Waals surface area contributed by atoms with Gasteiger partial charge in [0.2, 0.25) is 0 Å². The number of fused-ring (bicyclic) bond motifs is 4. The van der Waals surface area contributed by atoms with Crippen LogP contribution in [-0.2, 0) is 0 Å². The van der Waals surface area contributed by atoms with Gasteiger partial charge in [0.15, 0.2) is 5.65 Å². The number of halogens is 1. The maximum atomic E-state index is 14.6. The van der Waals surface area contributed by atoms with Crippen molar-refractivity contribution in [2.24, 2.45) is 0 Å². The van der Waals surface area contributed by atoms with E-state index in [1.54, 1.807) is 24.7 Å². The van der Waals surface area contributed by atoms with Crippen LogP contribution in [0.3, 0.4) is 0 Å². The third-order valence-corrected chi connectivity index (χ3v) is 8.32. The largest absolute Gasteiger partial charge is 0.366 e. The van der Waals surface area contributed by atoms with Gasteiger partial charge in [-0.25, -0.2) is 13.9 Å². The van der Waals surface area contributed by atoms with E-state index in [1.165, 1.54) is 18.2 Å². The maximum absolute atomic E-state index is 14.6. The highest BCUT2D eigenvalue weighted by atomic mass is 19.1. The molecule has 1 N–H and O–H groups in total. The van der Waals surface area contributed by atoms with Crippen LogP contribution in [0.15, 0.2) is 79.4 Å². The summed E-state index contributed by atoms with van der Waals surface area (Å²) in [4.78, 5) is 14.0. The van der Waals surface area contributed by atoms with E-state index in [0.717, 1.165) is 46.7 Å². The first-order valence-corrected chi connectivity index (χ1v) is 13.1. The molecule has 192 valence electrons. The highest BCUT2D eigenvalue weighted by molar-refractivity contribution is 6.03. The quantitative estimate of drug-likeness (QED) is 0.354. The molecule has 2 atom stereocenters. The molecule has 6 heterocycles. The van der Waals surface area contributed by atoms with Crippen LogP contribution in [0.2, 0.25) is 0 Å². The molecule has 0 saturated carbocycles. The Morgan fingerprint density at radius 2 is 1.74 bits per heavy atom. The Hall–Kier alpha value is -4.63. The van der Waals surface area contributed by atoms with Gasteiger partial charge in [-0.3, -0.25) is 15.0 Å². The fourth-order valence-electron chi connectivity index (χ4n) is 6.35. The number of likely N-dealkylation sites (N-methyl/N-ethyl adjacent to an activating group) is 1. The van der Waals surface area contributed by atoms with Gasteiger partial charge in [-0.1, -0.05) is 18.2 Å². The first-order chi connectivity index (χ1) is 19.2. The average molecular weight is 517 g/mol. The summed E-state index contributed by atoms with van der Waals surface area (Å²) >= 11 is 0. The molecule has 0 radical (unpaired) electrons. The van der Waals surface area contributed by atoms with Gasteiger partial charge in [0.25, 0.3) is 0 Å². The minimum absolute atomic E-state index is 0.347. The fourth-order valence-corrected chi connectivity index (χ4v) is 6.35. The first-order valence-electron chi connectivity index (χ1n) is 13.1. The van der Waals surface area contributed by atoms with E-state index in [9.17, 15) is 4.39 Å². The number of aromatic nitrogens is 6. The number of H-pyrrole nitrogens is 1. The number of benzene rings is 2. The smallest absolute Gasteiger partial charge is 0.164 e. The number of nitrogens with zero attached hydrogens (tertiary/aromatic N) is 7. The number of hydrogen-bond acceptors (Lipinski definition) is 6. The lowest BCUT2D eigenvalue weighted by Gasteiger charge is -2.33. The normalized spacial score (nSPS) is 19.1. The molecule has 2 aliphatic rings. The zero-order valence-electron chi connectivity index (χ0n) is 21.3. The lowest BCUT2D eigenvalue weighted by atomic mass is 9.98. The third kappa shape index (κ3) is 3.39. The summed E-state index contributed by atoms with van der Waals surface area (Å²) in [6.07, 6.45) is 8.20. The highest BCUT2D eigenvalue weighted by Gasteiger charge is 2.41. The van der Waals surface area contributed by atoms with Crippen molar-refractivity contribution in [2.45, 2.75) is 18.5 Å². The Morgan fingerprint density at radius 3 is 2.51 bits per heavy atom. The van der Waals surface area contributed by atoms with Crippen molar-refractivity contribution in [3.63, 3.8) is 0 Å². The molecule has 8 nitrogen and oxygen atoms in total. The van der Waals surface area contributed by atoms with Crippen LogP contribution in [0.5, 0.6) is 0 Å². The van der Waals surface area contributed by atoms with Crippen LogP contribution < -0.4 is 4.90 Å². The van der Waals surface area contributed by atoms with Crippen molar-refractivity contribution in [1.29, 1.82) is 0 Å². The molecule has 2 saturated heterocycles. The van der Waals surface area contributed by atoms with E-state index in [4.69, 9.17) is 10.1 Å². The van der Waals surface area contributed by atoms with E-state index < -0.39 is 0 Å². The molecule has 8 rings (SSSR count). The molecule has 6 aromatic rings. The van der Waals surface area contributed by atoms with Gasteiger partial charge >= 0.3 is 0 Å². The molecule has 2 fully saturated rings. The van der Waals surface area contributed by atoms with Gasteiger partial charge in [-0.2, -0.15) is 10.2 Å². The highest BCUT2D eigenvalue weighted by Crippen LogP contribution is 2.40. The van der Waals surface area contributed by atoms with Gasteiger partial charge in [-0.05, 0) is 55.4 Å². The van der Waals surface area contributed by atoms with Gasteiger partial charge in [-0.15, -0.1) is 0 Å². The molecule has 0 amide bonds. The average Bonchev–Trinajstić information content (AvgIpc) is 3.77. The number of likely N-dealkylation sites (tertiary alicyclic amines) is 1. The molecule has 39 heavy (non-hydrogen) atoms. The van der Waals surface area contributed by atoms with Crippen molar-refractivity contribution in [3.8, 4) is 33.6 Å². The number of piperazine rings is 1. The number of nitrogens with one attached hydrogen (secondary N) is 1. The Kier molecular flexibility index (Phi) is 4.84. The number of aromatic amines is 1. The Morgan fingerprint density at radius 1 is 0.897 bits per heavy atom. The van der Waals surface area contributed by atoms with Gasteiger partial charge in [0.1, 0.15) is 17.0 Å². The summed E-state index contributed by atoms with van der Waals surface area (Å²) in [5, 5.41) is 12.7. The number of hydrogen-bond donors (Lipinski definition) is 1. The summed E-state index contributed by atoms with van der Waals surface area (Å²) < 4.78 is 16.4. The Balaban J connectivity index is 1.29. The van der Waals surface area contributed by atoms with E-state index in [1.807, 2.05) is 28.9 Å². The number of rotatable bonds is 4. The predicted molar refractivity (Wildman–Crippen MR) is 149 cm³/mol. The summed E-state index contributed by atoms with van der Waals surface area (Å²) in [5.74, 6) is -0.347. The molecule has 2 aliphatic heterocycles. The Labute approximate surface area is 223 Å². The molecular formula is C30H25FN8. The van der Waals surface area contributed by atoms with E-state index in [-0.39, 0.29) is 5.82 Å². The van der Waals surface area contributed by atoms with Gasteiger partial charge < -0.3 is 4.90 Å². The molecule has 2 bridgehead atoms. The minimum atomic E-state index is -0.347. The molecule has 0 spiro atoms. The molecule has 2 aromatic carbocycles. The first kappa shape index (κ1) is 22.4. The van der Waals surface area contributed by atoms with Crippen molar-refractivity contribution in [1.82, 2.24) is 34.7 Å². The monoisotopic (exact) mass is 516 g/mol. The van der Waals surface area contributed by atoms with Crippen LogP contribution in [0.4, 0.5) is 10.1 Å². The summed E-state index contributed by atoms with van der Waals surface area (Å²) in [5.41, 5.74) is 7.59. The fraction of sp³-hybridized carbons (Fsp3) is 0.200. The van der Waals surface area contributed by atoms with Crippen molar-refractivity contribution < 1.29 is 4.39 Å². The SMILES string of the molecule is CN1C[C@H]2C[C@@H]1CN2c1ccc(-c2ccnc3c(-c4ccc(F)c5[nH]ncc45)c(-c4ccncc4)nn23)cc1. The van der Waals surface area contributed by atoms with Crippen molar-refractivity contribution >= 4 is 22.2 Å². The summed E-state index contributed by atoms with van der Waals surface area (Å²) in [7, 11) is 2.22. The zero-order chi connectivity index (χ0) is 26.1. The molecule has 4 aromatic heterocycles. The summed E-state index contributed by atoms with van der Waals surface area (Å²) in [6.45, 7) is 2.20. The number of anilines is 1. The topological polar surface area (TPSA) is 78.2 Å². The van der Waals surface area contributed by atoms with Crippen LogP contribution in [0.25, 0.3) is 50.2 Å². The second-order valence-corrected chi connectivity index (χ2v) is 10.5. The lowest BCUT2D eigenvalue weighted by molar-refractivity contribution is 0.292. The second kappa shape index (κ2) is 8.44. The summed E-state index contributed by atoms with van der Waals surface area (Å²) in [6, 6.07) is 19.1. The standard InChI is InChI=1S/C30H25FN8/c1-37-16-22-14-21(37)17-38(22)20-4-2-18(3-5-20)26-10-13-33-30-27(23-6-7-25(31)29-24(23)15-34-35-29)28(36-39(26)30)19-8-11-32-12-9-19/h2-13,15,21-22H,14,16-17H2,1H3,(H,34,35)/t21-,22-/m1/s1. The van der Waals surface area contributed by atoms with Crippen LogP contribution in [0, 0.1) is 5.82 Å². The second-order valence-electron chi connectivity index (χ2n) is 10.5. The van der Waals surface area contributed by atoms with Crippen LogP contribution in [-0.4, -0.2) is 66.9 Å². The Bertz CT molecular complexity index is 1840. The molecule has 9 heteroatoms. The third-order valence-electron chi connectivity index (χ3n) is 8.32. The molecule has 0 aliphatic carbocycles. The maximum Gasteiger partial charge on any atom is 0.164 e. The van der Waals surface area contributed by atoms with Crippen LogP contribution >= 0.6 is 0 Å². The lowest BCUT2D eigenvalue weighted by Crippen LogP contribution is -2.44. The minimum Gasteiger partial charge on any atom is -0.366 e. The van der Waals surface area contributed by atoms with E-state index in [2.05, 4.69) is 56.3 Å².